The normalized spacial score (nSPS) is 12.6. The minimum atomic E-state index is -4.65. The van der Waals surface area contributed by atoms with Gasteiger partial charge in [-0.25, -0.2) is 0 Å². The predicted molar refractivity (Wildman–Crippen MR) is 123 cm³/mol. The van der Waals surface area contributed by atoms with Crippen molar-refractivity contribution < 1.29 is 32.7 Å². The van der Waals surface area contributed by atoms with Crippen molar-refractivity contribution in [3.05, 3.63) is 46.6 Å². The fraction of sp³-hybridized carbons (Fsp3) is 0.133. The van der Waals surface area contributed by atoms with Crippen LogP contribution in [0.5, 0.6) is 17.2 Å². The molecule has 0 saturated heterocycles. The largest absolute Gasteiger partial charge is 0.507 e. The number of nitrogens with one attached hydrogen (secondary N) is 1. The number of halogens is 3. The molecule has 1 atom stereocenters. The molecule has 2 aromatic rings. The van der Waals surface area contributed by atoms with Gasteiger partial charge in [-0.3, -0.25) is 9.35 Å². The average Bonchev–Trinajstić information content (AvgIpc) is 2.52. The lowest BCUT2D eigenvalue weighted by Gasteiger charge is -2.15. The van der Waals surface area contributed by atoms with Gasteiger partial charge in [-0.1, -0.05) is 0 Å². The number of carboxylic acids is 1. The molecule has 2 aromatic carbocycles. The van der Waals surface area contributed by atoms with Crippen molar-refractivity contribution in [2.75, 3.05) is 0 Å². The summed E-state index contributed by atoms with van der Waals surface area (Å²) in [6.45, 7) is 0. The van der Waals surface area contributed by atoms with E-state index in [1.54, 1.807) is 29.0 Å². The highest BCUT2D eigenvalue weighted by molar-refractivity contribution is 14.1. The lowest BCUT2D eigenvalue weighted by atomic mass is 10.1. The summed E-state index contributed by atoms with van der Waals surface area (Å²) in [5.41, 5.74) is 0.556. The standard InChI is InChI=1S/C15H12I3NO7S/c16-9-6-8(1-2-13(9)20)26-14-10(17)3-7(4-11(14)18)5-12(15(21)22)19-27(23,24)25/h1-4,6,12,19-20H,5H2,(H,21,22)(H,23,24,25)/t12-/m0/s1. The summed E-state index contributed by atoms with van der Waals surface area (Å²) < 4.78 is 40.2. The molecule has 0 saturated carbocycles. The van der Waals surface area contributed by atoms with E-state index in [2.05, 4.69) is 0 Å². The minimum Gasteiger partial charge on any atom is -0.507 e. The molecular weight excluding hydrogens is 719 g/mol. The molecule has 146 valence electrons. The van der Waals surface area contributed by atoms with Gasteiger partial charge in [-0.05, 0) is 110 Å². The van der Waals surface area contributed by atoms with Crippen LogP contribution in [0.4, 0.5) is 0 Å². The number of hydrogen-bond acceptors (Lipinski definition) is 5. The Kier molecular flexibility index (Phi) is 7.94. The molecule has 0 heterocycles. The molecule has 0 aromatic heterocycles. The van der Waals surface area contributed by atoms with Gasteiger partial charge in [0, 0.05) is 0 Å². The molecule has 12 heteroatoms. The lowest BCUT2D eigenvalue weighted by molar-refractivity contribution is -0.139. The van der Waals surface area contributed by atoms with Crippen LogP contribution in [0.2, 0.25) is 0 Å². The molecule has 0 radical (unpaired) electrons. The number of benzene rings is 2. The van der Waals surface area contributed by atoms with Crippen LogP contribution in [0.15, 0.2) is 30.3 Å². The molecular formula is C15H12I3NO7S. The Labute approximate surface area is 196 Å². The lowest BCUT2D eigenvalue weighted by Crippen LogP contribution is -2.41. The first-order valence-electron chi connectivity index (χ1n) is 7.08. The summed E-state index contributed by atoms with van der Waals surface area (Å²) in [6, 6.07) is 6.65. The Bertz CT molecular complexity index is 958. The van der Waals surface area contributed by atoms with Crippen LogP contribution in [0.25, 0.3) is 0 Å². The Morgan fingerprint density at radius 2 is 1.70 bits per heavy atom. The van der Waals surface area contributed by atoms with Gasteiger partial charge >= 0.3 is 16.3 Å². The van der Waals surface area contributed by atoms with Gasteiger partial charge in [0.15, 0.2) is 5.75 Å². The molecule has 0 aliphatic heterocycles. The fourth-order valence-electron chi connectivity index (χ4n) is 2.09. The van der Waals surface area contributed by atoms with Crippen LogP contribution in [-0.2, 0) is 21.5 Å². The Morgan fingerprint density at radius 1 is 1.11 bits per heavy atom. The van der Waals surface area contributed by atoms with Crippen LogP contribution in [0.3, 0.4) is 0 Å². The molecule has 0 unspecified atom stereocenters. The zero-order valence-electron chi connectivity index (χ0n) is 13.2. The second-order valence-corrected chi connectivity index (χ2v) is 9.96. The first kappa shape index (κ1) is 22.9. The number of carbonyl (C=O) groups is 1. The Balaban J connectivity index is 2.27. The summed E-state index contributed by atoms with van der Waals surface area (Å²) >= 11 is 6.04. The number of hydrogen-bond donors (Lipinski definition) is 4. The van der Waals surface area contributed by atoms with Crippen molar-refractivity contribution in [2.45, 2.75) is 12.5 Å². The van der Waals surface area contributed by atoms with Gasteiger partial charge in [-0.15, -0.1) is 0 Å². The van der Waals surface area contributed by atoms with Gasteiger partial charge in [0.05, 0.1) is 10.7 Å². The van der Waals surface area contributed by atoms with Crippen LogP contribution >= 0.6 is 67.8 Å². The first-order chi connectivity index (χ1) is 12.5. The molecule has 0 spiro atoms. The molecule has 8 nitrogen and oxygen atoms in total. The number of rotatable bonds is 7. The number of phenols is 1. The number of aliphatic carboxylic acids is 1. The van der Waals surface area contributed by atoms with Crippen LogP contribution < -0.4 is 9.46 Å². The van der Waals surface area contributed by atoms with Gasteiger partial charge < -0.3 is 14.9 Å². The van der Waals surface area contributed by atoms with Crippen molar-refractivity contribution in [1.82, 2.24) is 4.72 Å². The Hall–Kier alpha value is -0.430. The zero-order valence-corrected chi connectivity index (χ0v) is 20.5. The predicted octanol–water partition coefficient (Wildman–Crippen LogP) is 3.39. The van der Waals surface area contributed by atoms with E-state index in [1.807, 2.05) is 67.8 Å². The maximum atomic E-state index is 11.2. The van der Waals surface area contributed by atoms with Gasteiger partial charge in [0.1, 0.15) is 17.5 Å². The highest BCUT2D eigenvalue weighted by atomic mass is 127. The van der Waals surface area contributed by atoms with Gasteiger partial charge in [-0.2, -0.15) is 13.1 Å². The van der Waals surface area contributed by atoms with Crippen molar-refractivity contribution in [3.63, 3.8) is 0 Å². The summed E-state index contributed by atoms with van der Waals surface area (Å²) in [5, 5.41) is 18.7. The smallest absolute Gasteiger partial charge is 0.334 e. The van der Waals surface area contributed by atoms with Crippen molar-refractivity contribution >= 4 is 84.0 Å². The van der Waals surface area contributed by atoms with Crippen LogP contribution in [0.1, 0.15) is 5.56 Å². The number of carboxylic acid groups (broad SMARTS) is 1. The van der Waals surface area contributed by atoms with E-state index in [4.69, 9.17) is 14.4 Å². The SMILES string of the molecule is O=C(O)[C@H](Cc1cc(I)c(Oc2ccc(O)c(I)c2)c(I)c1)NS(=O)(=O)O. The fourth-order valence-corrected chi connectivity index (χ4v) is 5.24. The quantitative estimate of drug-likeness (QED) is 0.254. The molecule has 2 rings (SSSR count). The maximum absolute atomic E-state index is 11.2. The second-order valence-electron chi connectivity index (χ2n) is 5.29. The van der Waals surface area contributed by atoms with Gasteiger partial charge in [0.2, 0.25) is 0 Å². The third kappa shape index (κ3) is 6.84. The summed E-state index contributed by atoms with van der Waals surface area (Å²) in [7, 11) is -4.65. The molecule has 0 fully saturated rings. The van der Waals surface area contributed by atoms with Crippen LogP contribution in [-0.4, -0.2) is 35.2 Å². The molecule has 27 heavy (non-hydrogen) atoms. The van der Waals surface area contributed by atoms with Crippen molar-refractivity contribution in [3.8, 4) is 17.2 Å². The topological polar surface area (TPSA) is 133 Å². The maximum Gasteiger partial charge on any atom is 0.334 e. The number of ether oxygens (including phenoxy) is 1. The van der Waals surface area contributed by atoms with E-state index in [-0.39, 0.29) is 12.2 Å². The Morgan fingerprint density at radius 3 is 2.19 bits per heavy atom. The first-order valence-corrected chi connectivity index (χ1v) is 11.8. The average molecular weight is 731 g/mol. The highest BCUT2D eigenvalue weighted by Crippen LogP contribution is 2.35. The van der Waals surface area contributed by atoms with Crippen molar-refractivity contribution in [2.24, 2.45) is 0 Å². The highest BCUT2D eigenvalue weighted by Gasteiger charge is 2.24. The molecule has 0 aliphatic carbocycles. The van der Waals surface area contributed by atoms with Crippen molar-refractivity contribution in [1.29, 1.82) is 0 Å². The molecule has 0 amide bonds. The zero-order chi connectivity index (χ0) is 20.4. The number of phenolic OH excluding ortho intramolecular Hbond substituents is 1. The third-order valence-corrected chi connectivity index (χ3v) is 6.28. The minimum absolute atomic E-state index is 0.147. The molecule has 0 aliphatic rings. The summed E-state index contributed by atoms with van der Waals surface area (Å²) in [6.07, 6.45) is -0.154. The van der Waals surface area contributed by atoms with Crippen LogP contribution in [0, 0.1) is 10.7 Å². The molecule has 4 N–H and O–H groups in total. The number of aromatic hydroxyl groups is 1. The second kappa shape index (κ2) is 9.38. The summed E-state index contributed by atoms with van der Waals surface area (Å²) in [5.74, 6) is -0.182. The monoisotopic (exact) mass is 731 g/mol. The van der Waals surface area contributed by atoms with Gasteiger partial charge in [0.25, 0.3) is 0 Å². The van der Waals surface area contributed by atoms with E-state index in [0.29, 0.717) is 27.8 Å². The van der Waals surface area contributed by atoms with E-state index in [1.165, 1.54) is 6.07 Å². The van der Waals surface area contributed by atoms with E-state index < -0.39 is 22.3 Å². The van der Waals surface area contributed by atoms with E-state index >= 15 is 0 Å². The third-order valence-electron chi connectivity index (χ3n) is 3.23. The van der Waals surface area contributed by atoms with E-state index in [0.717, 1.165) is 0 Å². The molecule has 0 bridgehead atoms. The van der Waals surface area contributed by atoms with E-state index in [9.17, 15) is 18.3 Å². The summed E-state index contributed by atoms with van der Waals surface area (Å²) in [4.78, 5) is 11.2.